The molecule has 0 atom stereocenters. The van der Waals surface area contributed by atoms with Gasteiger partial charge < -0.3 is 4.74 Å². The number of hydrogen-bond acceptors (Lipinski definition) is 2. The number of alkyl halides is 3. The SMILES string of the molecule is CCc1cccc(-c2ccc(OC)c(C(F)(F)F)c2)n1. The molecule has 2 nitrogen and oxygen atoms in total. The van der Waals surface area contributed by atoms with Crippen molar-refractivity contribution in [3.63, 3.8) is 0 Å². The highest BCUT2D eigenvalue weighted by molar-refractivity contribution is 5.62. The van der Waals surface area contributed by atoms with Crippen molar-refractivity contribution in [2.24, 2.45) is 0 Å². The summed E-state index contributed by atoms with van der Waals surface area (Å²) < 4.78 is 43.7. The second-order valence-electron chi connectivity index (χ2n) is 4.28. The van der Waals surface area contributed by atoms with Gasteiger partial charge in [-0.05, 0) is 36.8 Å². The number of pyridine rings is 1. The molecule has 0 N–H and O–H groups in total. The van der Waals surface area contributed by atoms with E-state index in [1.165, 1.54) is 13.2 Å². The highest BCUT2D eigenvalue weighted by Gasteiger charge is 2.34. The number of aromatic nitrogens is 1. The summed E-state index contributed by atoms with van der Waals surface area (Å²) in [5, 5.41) is 0. The number of benzene rings is 1. The van der Waals surface area contributed by atoms with Gasteiger partial charge in [0.05, 0.1) is 18.4 Å². The van der Waals surface area contributed by atoms with E-state index < -0.39 is 11.7 Å². The van der Waals surface area contributed by atoms with E-state index in [1.54, 1.807) is 18.2 Å². The van der Waals surface area contributed by atoms with E-state index in [2.05, 4.69) is 4.98 Å². The van der Waals surface area contributed by atoms with Crippen molar-refractivity contribution in [2.45, 2.75) is 19.5 Å². The second kappa shape index (κ2) is 5.53. The lowest BCUT2D eigenvalue weighted by Crippen LogP contribution is -2.07. The average molecular weight is 281 g/mol. The lowest BCUT2D eigenvalue weighted by Gasteiger charge is -2.13. The second-order valence-corrected chi connectivity index (χ2v) is 4.28. The van der Waals surface area contributed by atoms with Crippen molar-refractivity contribution in [2.75, 3.05) is 7.11 Å². The number of aryl methyl sites for hydroxylation is 1. The molecule has 2 rings (SSSR count). The molecule has 5 heteroatoms. The molecule has 0 aliphatic rings. The molecule has 0 aliphatic carbocycles. The van der Waals surface area contributed by atoms with Crippen molar-refractivity contribution in [3.8, 4) is 17.0 Å². The molecule has 0 unspecified atom stereocenters. The Hall–Kier alpha value is -2.04. The van der Waals surface area contributed by atoms with Crippen LogP contribution in [0, 0.1) is 0 Å². The maximum atomic E-state index is 13.0. The monoisotopic (exact) mass is 281 g/mol. The fourth-order valence-electron chi connectivity index (χ4n) is 1.93. The molecule has 0 fully saturated rings. The number of rotatable bonds is 3. The third-order valence-electron chi connectivity index (χ3n) is 2.97. The first-order valence-corrected chi connectivity index (χ1v) is 6.17. The standard InChI is InChI=1S/C15H14F3NO/c1-3-11-5-4-6-13(19-11)10-7-8-14(20-2)12(9-10)15(16,17)18/h4-9H,3H2,1-2H3. The first kappa shape index (κ1) is 14.4. The van der Waals surface area contributed by atoms with Gasteiger partial charge in [0.25, 0.3) is 0 Å². The van der Waals surface area contributed by atoms with Crippen molar-refractivity contribution < 1.29 is 17.9 Å². The van der Waals surface area contributed by atoms with Gasteiger partial charge in [-0.25, -0.2) is 0 Å². The van der Waals surface area contributed by atoms with Crippen LogP contribution in [0.2, 0.25) is 0 Å². The highest BCUT2D eigenvalue weighted by Crippen LogP contribution is 2.38. The van der Waals surface area contributed by atoms with Crippen LogP contribution in [-0.4, -0.2) is 12.1 Å². The Kier molecular flexibility index (Phi) is 3.97. The Morgan fingerprint density at radius 3 is 2.50 bits per heavy atom. The van der Waals surface area contributed by atoms with Crippen molar-refractivity contribution >= 4 is 0 Å². The van der Waals surface area contributed by atoms with Crippen LogP contribution in [-0.2, 0) is 12.6 Å². The van der Waals surface area contributed by atoms with Crippen molar-refractivity contribution in [3.05, 3.63) is 47.7 Å². The molecule has 1 heterocycles. The van der Waals surface area contributed by atoms with E-state index in [-0.39, 0.29) is 5.75 Å². The zero-order valence-electron chi connectivity index (χ0n) is 11.2. The Balaban J connectivity index is 2.53. The van der Waals surface area contributed by atoms with Crippen LogP contribution >= 0.6 is 0 Å². The molecule has 1 aromatic carbocycles. The van der Waals surface area contributed by atoms with Crippen LogP contribution in [0.15, 0.2) is 36.4 Å². The van der Waals surface area contributed by atoms with Gasteiger partial charge in [-0.15, -0.1) is 0 Å². The number of nitrogens with zero attached hydrogens (tertiary/aromatic N) is 1. The van der Waals surface area contributed by atoms with E-state index in [1.807, 2.05) is 13.0 Å². The van der Waals surface area contributed by atoms with Crippen molar-refractivity contribution in [1.29, 1.82) is 0 Å². The van der Waals surface area contributed by atoms with Gasteiger partial charge in [-0.3, -0.25) is 4.98 Å². The summed E-state index contributed by atoms with van der Waals surface area (Å²) in [5.41, 5.74) is 0.999. The van der Waals surface area contributed by atoms with Crippen molar-refractivity contribution in [1.82, 2.24) is 4.98 Å². The Morgan fingerprint density at radius 2 is 1.90 bits per heavy atom. The smallest absolute Gasteiger partial charge is 0.419 e. The molecule has 0 saturated carbocycles. The Morgan fingerprint density at radius 1 is 1.15 bits per heavy atom. The molecule has 0 bridgehead atoms. The van der Waals surface area contributed by atoms with Gasteiger partial charge in [0.2, 0.25) is 0 Å². The molecule has 106 valence electrons. The fraction of sp³-hybridized carbons (Fsp3) is 0.267. The third kappa shape index (κ3) is 2.92. The van der Waals surface area contributed by atoms with E-state index in [9.17, 15) is 13.2 Å². The van der Waals surface area contributed by atoms with Crippen LogP contribution in [0.5, 0.6) is 5.75 Å². The van der Waals surface area contributed by atoms with E-state index in [4.69, 9.17) is 4.74 Å². The lowest BCUT2D eigenvalue weighted by molar-refractivity contribution is -0.138. The molecule has 0 aliphatic heterocycles. The molecule has 1 aromatic heterocycles. The minimum Gasteiger partial charge on any atom is -0.496 e. The average Bonchev–Trinajstić information content (AvgIpc) is 2.45. The van der Waals surface area contributed by atoms with Gasteiger partial charge in [-0.1, -0.05) is 13.0 Å². The van der Waals surface area contributed by atoms with Gasteiger partial charge >= 0.3 is 6.18 Å². The Bertz CT molecular complexity index is 608. The largest absolute Gasteiger partial charge is 0.496 e. The fourth-order valence-corrected chi connectivity index (χ4v) is 1.93. The number of hydrogen-bond donors (Lipinski definition) is 0. The van der Waals surface area contributed by atoms with Gasteiger partial charge in [0.1, 0.15) is 5.75 Å². The summed E-state index contributed by atoms with van der Waals surface area (Å²) in [5.74, 6) is -0.187. The predicted octanol–water partition coefficient (Wildman–Crippen LogP) is 4.34. The van der Waals surface area contributed by atoms with E-state index in [0.29, 0.717) is 11.3 Å². The summed E-state index contributed by atoms with van der Waals surface area (Å²) in [6, 6.07) is 9.30. The summed E-state index contributed by atoms with van der Waals surface area (Å²) in [4.78, 5) is 4.33. The summed E-state index contributed by atoms with van der Waals surface area (Å²) >= 11 is 0. The minimum atomic E-state index is -4.45. The first-order valence-electron chi connectivity index (χ1n) is 6.17. The van der Waals surface area contributed by atoms with E-state index >= 15 is 0 Å². The van der Waals surface area contributed by atoms with E-state index in [0.717, 1.165) is 18.2 Å². The molecular weight excluding hydrogens is 267 g/mol. The molecule has 0 spiro atoms. The number of ether oxygens (including phenoxy) is 1. The molecule has 20 heavy (non-hydrogen) atoms. The number of methoxy groups -OCH3 is 1. The maximum absolute atomic E-state index is 13.0. The topological polar surface area (TPSA) is 22.1 Å². The zero-order chi connectivity index (χ0) is 14.8. The third-order valence-corrected chi connectivity index (χ3v) is 2.97. The summed E-state index contributed by atoms with van der Waals surface area (Å²) in [6.07, 6.45) is -3.72. The summed E-state index contributed by atoms with van der Waals surface area (Å²) in [6.45, 7) is 1.95. The van der Waals surface area contributed by atoms with Crippen LogP contribution in [0.3, 0.4) is 0 Å². The summed E-state index contributed by atoms with van der Waals surface area (Å²) in [7, 11) is 1.22. The van der Waals surface area contributed by atoms with Crippen LogP contribution < -0.4 is 4.74 Å². The number of halogens is 3. The lowest BCUT2D eigenvalue weighted by atomic mass is 10.1. The molecule has 0 radical (unpaired) electrons. The highest BCUT2D eigenvalue weighted by atomic mass is 19.4. The maximum Gasteiger partial charge on any atom is 0.419 e. The molecule has 0 amide bonds. The molecule has 0 saturated heterocycles. The van der Waals surface area contributed by atoms with Gasteiger partial charge in [-0.2, -0.15) is 13.2 Å². The molecular formula is C15H14F3NO. The zero-order valence-corrected chi connectivity index (χ0v) is 11.2. The quantitative estimate of drug-likeness (QED) is 0.835. The normalized spacial score (nSPS) is 11.4. The van der Waals surface area contributed by atoms with Gasteiger partial charge in [0, 0.05) is 11.3 Å². The Labute approximate surface area is 115 Å². The predicted molar refractivity (Wildman–Crippen MR) is 70.6 cm³/mol. The minimum absolute atomic E-state index is 0.187. The van der Waals surface area contributed by atoms with Crippen LogP contribution in [0.25, 0.3) is 11.3 Å². The van der Waals surface area contributed by atoms with Crippen LogP contribution in [0.4, 0.5) is 13.2 Å². The molecule has 2 aromatic rings. The first-order chi connectivity index (χ1) is 9.45. The van der Waals surface area contributed by atoms with Gasteiger partial charge in [0.15, 0.2) is 0 Å². The van der Waals surface area contributed by atoms with Crippen LogP contribution in [0.1, 0.15) is 18.2 Å².